The number of hydrogen-bond donors (Lipinski definition) is 0. The summed E-state index contributed by atoms with van der Waals surface area (Å²) in [6.45, 7) is 2.08. The minimum Gasteiger partial charge on any atom is -0.314 e. The number of anilines is 1. The van der Waals surface area contributed by atoms with Crippen molar-refractivity contribution in [2.75, 3.05) is 4.90 Å². The number of fused-ring (bicyclic) bond motifs is 3. The van der Waals surface area contributed by atoms with Crippen LogP contribution in [0, 0.1) is 11.6 Å². The van der Waals surface area contributed by atoms with E-state index in [1.54, 1.807) is 23.3 Å². The molecule has 4 aromatic rings. The molecule has 0 unspecified atom stereocenters. The lowest BCUT2D eigenvalue weighted by Gasteiger charge is -2.38. The first kappa shape index (κ1) is 18.6. The van der Waals surface area contributed by atoms with Crippen LogP contribution in [0.4, 0.5) is 14.6 Å². The Bertz CT molecular complexity index is 1420. The highest BCUT2D eigenvalue weighted by molar-refractivity contribution is 5.68. The fraction of sp³-hybridized carbons (Fsp3) is 0.136. The molecule has 1 aliphatic heterocycles. The summed E-state index contributed by atoms with van der Waals surface area (Å²) >= 11 is 0. The van der Waals surface area contributed by atoms with E-state index in [2.05, 4.69) is 32.0 Å². The van der Waals surface area contributed by atoms with Gasteiger partial charge in [-0.15, -0.1) is 10.2 Å². The van der Waals surface area contributed by atoms with Crippen molar-refractivity contribution in [1.82, 2.24) is 34.3 Å². The SMILES string of the molecule is CC[C@@H]1c2nncn2-c2cnc(-n3ccnc3-c3cccc(F)c3F)nc2N1C1=CC=C1. The molecular weight excluding hydrogens is 414 g/mol. The van der Waals surface area contributed by atoms with Gasteiger partial charge in [-0.25, -0.2) is 18.7 Å². The molecule has 0 saturated heterocycles. The van der Waals surface area contributed by atoms with Gasteiger partial charge in [0.15, 0.2) is 23.3 Å². The largest absolute Gasteiger partial charge is 0.314 e. The van der Waals surface area contributed by atoms with Crippen LogP contribution in [0.25, 0.3) is 23.0 Å². The van der Waals surface area contributed by atoms with Gasteiger partial charge in [-0.05, 0) is 30.7 Å². The molecule has 3 aromatic heterocycles. The van der Waals surface area contributed by atoms with E-state index in [4.69, 9.17) is 4.98 Å². The molecular formula is C22H16F2N8. The molecule has 0 radical (unpaired) electrons. The topological polar surface area (TPSA) is 77.5 Å². The van der Waals surface area contributed by atoms with E-state index in [0.29, 0.717) is 11.8 Å². The van der Waals surface area contributed by atoms with E-state index in [9.17, 15) is 8.78 Å². The van der Waals surface area contributed by atoms with Gasteiger partial charge in [-0.3, -0.25) is 9.13 Å². The normalized spacial score (nSPS) is 16.4. The molecule has 8 nitrogen and oxygen atoms in total. The van der Waals surface area contributed by atoms with Crippen molar-refractivity contribution in [3.05, 3.63) is 84.5 Å². The van der Waals surface area contributed by atoms with Crippen molar-refractivity contribution in [2.45, 2.75) is 19.4 Å². The van der Waals surface area contributed by atoms with Gasteiger partial charge in [0.1, 0.15) is 17.8 Å². The predicted molar refractivity (Wildman–Crippen MR) is 112 cm³/mol. The number of halogens is 2. The highest BCUT2D eigenvalue weighted by atomic mass is 19.2. The summed E-state index contributed by atoms with van der Waals surface area (Å²) in [4.78, 5) is 15.7. The van der Waals surface area contributed by atoms with E-state index >= 15 is 0 Å². The predicted octanol–water partition coefficient (Wildman–Crippen LogP) is 3.91. The van der Waals surface area contributed by atoms with Crippen LogP contribution < -0.4 is 4.90 Å². The number of rotatable bonds is 4. The van der Waals surface area contributed by atoms with Gasteiger partial charge in [-0.2, -0.15) is 4.98 Å². The fourth-order valence-electron chi connectivity index (χ4n) is 4.09. The molecule has 0 bridgehead atoms. The van der Waals surface area contributed by atoms with Crippen LogP contribution in [0.15, 0.2) is 67.0 Å². The quantitative estimate of drug-likeness (QED) is 0.489. The van der Waals surface area contributed by atoms with Crippen molar-refractivity contribution in [2.24, 2.45) is 0 Å². The van der Waals surface area contributed by atoms with Crippen molar-refractivity contribution < 1.29 is 8.78 Å². The molecule has 2 aliphatic rings. The first-order valence-electron chi connectivity index (χ1n) is 10.1. The highest BCUT2D eigenvalue weighted by Gasteiger charge is 2.36. The maximum atomic E-state index is 14.5. The van der Waals surface area contributed by atoms with Gasteiger partial charge in [0.25, 0.3) is 0 Å². The Morgan fingerprint density at radius 1 is 1.12 bits per heavy atom. The molecule has 1 aromatic carbocycles. The van der Waals surface area contributed by atoms with Crippen molar-refractivity contribution >= 4 is 5.82 Å². The summed E-state index contributed by atoms with van der Waals surface area (Å²) in [5, 5.41) is 8.40. The van der Waals surface area contributed by atoms with Crippen LogP contribution in [0.1, 0.15) is 25.2 Å². The average Bonchev–Trinajstić information content (AvgIpc) is 3.44. The Hall–Kier alpha value is -4.21. The molecule has 0 fully saturated rings. The maximum Gasteiger partial charge on any atom is 0.237 e. The number of nitrogens with zero attached hydrogens (tertiary/aromatic N) is 8. The van der Waals surface area contributed by atoms with E-state index in [-0.39, 0.29) is 17.4 Å². The molecule has 0 amide bonds. The van der Waals surface area contributed by atoms with Crippen LogP contribution in [0.3, 0.4) is 0 Å². The number of imidazole rings is 1. The molecule has 6 rings (SSSR count). The lowest BCUT2D eigenvalue weighted by Crippen LogP contribution is -2.35. The Kier molecular flexibility index (Phi) is 4.00. The molecule has 32 heavy (non-hydrogen) atoms. The number of benzene rings is 1. The highest BCUT2D eigenvalue weighted by Crippen LogP contribution is 2.41. The summed E-state index contributed by atoms with van der Waals surface area (Å²) in [5.41, 5.74) is 1.77. The molecule has 10 heteroatoms. The third-order valence-electron chi connectivity index (χ3n) is 5.66. The lowest BCUT2D eigenvalue weighted by atomic mass is 10.1. The van der Waals surface area contributed by atoms with Gasteiger partial charge in [0, 0.05) is 18.1 Å². The van der Waals surface area contributed by atoms with Gasteiger partial charge in [-0.1, -0.05) is 19.1 Å². The van der Waals surface area contributed by atoms with E-state index in [1.807, 2.05) is 22.8 Å². The second-order valence-electron chi connectivity index (χ2n) is 7.40. The van der Waals surface area contributed by atoms with Gasteiger partial charge >= 0.3 is 0 Å². The van der Waals surface area contributed by atoms with Crippen LogP contribution >= 0.6 is 0 Å². The first-order chi connectivity index (χ1) is 15.7. The summed E-state index contributed by atoms with van der Waals surface area (Å²) in [5.74, 6) is 0.0739. The van der Waals surface area contributed by atoms with E-state index in [1.165, 1.54) is 18.3 Å². The van der Waals surface area contributed by atoms with E-state index < -0.39 is 11.6 Å². The molecule has 4 heterocycles. The average molecular weight is 430 g/mol. The number of hydrogen-bond acceptors (Lipinski definition) is 6. The monoisotopic (exact) mass is 430 g/mol. The minimum absolute atomic E-state index is 0.0327. The lowest BCUT2D eigenvalue weighted by molar-refractivity contribution is 0.510. The molecule has 0 spiro atoms. The Morgan fingerprint density at radius 3 is 2.78 bits per heavy atom. The Labute approximate surface area is 181 Å². The standard InChI is InChI=1S/C22H16F2N8/c1-2-16-21-29-27-12-31(21)17-11-26-22(28-20(17)32(16)13-5-3-6-13)30-10-9-25-19(30)14-7-4-8-15(23)18(14)24/h3-12,16H,2H2,1H3/t16-/m1/s1. The van der Waals surface area contributed by atoms with Crippen molar-refractivity contribution in [3.8, 4) is 23.0 Å². The second-order valence-corrected chi connectivity index (χ2v) is 7.40. The summed E-state index contributed by atoms with van der Waals surface area (Å²) in [7, 11) is 0. The van der Waals surface area contributed by atoms with Crippen LogP contribution in [-0.4, -0.2) is 34.3 Å². The van der Waals surface area contributed by atoms with Crippen molar-refractivity contribution in [1.29, 1.82) is 0 Å². The van der Waals surface area contributed by atoms with Crippen LogP contribution in [-0.2, 0) is 0 Å². The van der Waals surface area contributed by atoms with Gasteiger partial charge in [0.05, 0.1) is 17.8 Å². The fourth-order valence-corrected chi connectivity index (χ4v) is 4.09. The Balaban J connectivity index is 1.53. The van der Waals surface area contributed by atoms with Crippen LogP contribution in [0.2, 0.25) is 0 Å². The molecule has 0 saturated carbocycles. The van der Waals surface area contributed by atoms with Gasteiger partial charge < -0.3 is 4.90 Å². The molecule has 1 aliphatic carbocycles. The molecule has 1 atom stereocenters. The van der Waals surface area contributed by atoms with Crippen molar-refractivity contribution in [3.63, 3.8) is 0 Å². The number of allylic oxidation sites excluding steroid dienone is 3. The zero-order valence-corrected chi connectivity index (χ0v) is 16.9. The zero-order chi connectivity index (χ0) is 21.8. The third-order valence-corrected chi connectivity index (χ3v) is 5.66. The maximum absolute atomic E-state index is 14.5. The molecule has 158 valence electrons. The zero-order valence-electron chi connectivity index (χ0n) is 16.9. The third kappa shape index (κ3) is 2.55. The van der Waals surface area contributed by atoms with Crippen LogP contribution in [0.5, 0.6) is 0 Å². The smallest absolute Gasteiger partial charge is 0.237 e. The summed E-state index contributed by atoms with van der Waals surface area (Å²) < 4.78 is 31.7. The minimum atomic E-state index is -0.968. The Morgan fingerprint density at radius 2 is 2.00 bits per heavy atom. The summed E-state index contributed by atoms with van der Waals surface area (Å²) in [6.07, 6.45) is 13.2. The number of aromatic nitrogens is 7. The first-order valence-corrected chi connectivity index (χ1v) is 10.1. The molecule has 0 N–H and O–H groups in total. The summed E-state index contributed by atoms with van der Waals surface area (Å²) in [6, 6.07) is 3.92. The van der Waals surface area contributed by atoms with E-state index in [0.717, 1.165) is 29.7 Å². The van der Waals surface area contributed by atoms with Gasteiger partial charge in [0.2, 0.25) is 5.95 Å². The second kappa shape index (κ2) is 6.91.